The molecule has 0 fully saturated rings. The predicted octanol–water partition coefficient (Wildman–Crippen LogP) is 3.21. The number of para-hydroxylation sites is 3. The van der Waals surface area contributed by atoms with Gasteiger partial charge in [-0.25, -0.2) is 4.39 Å². The molecule has 1 atom stereocenters. The molecule has 0 aromatic heterocycles. The molecule has 0 saturated heterocycles. The lowest BCUT2D eigenvalue weighted by atomic mass is 10.1. The third-order valence-corrected chi connectivity index (χ3v) is 7.27. The van der Waals surface area contributed by atoms with Gasteiger partial charge in [0.1, 0.15) is 18.5 Å². The number of nitrogens with one attached hydrogen (secondary N) is 1. The average Bonchev–Trinajstić information content (AvgIpc) is 2.86. The van der Waals surface area contributed by atoms with Crippen molar-refractivity contribution in [2.24, 2.45) is 0 Å². The van der Waals surface area contributed by atoms with Crippen LogP contribution >= 0.6 is 0 Å². The molecule has 0 radical (unpaired) electrons. The Balaban J connectivity index is 1.42. The number of ether oxygens (including phenoxy) is 2. The SMILES string of the molecule is CN(C)S(=O)(=O)N(Cc1ccc(C(=O)NC[C@H]2COc3ccccc3O2)cc1)c1ccccc1F. The quantitative estimate of drug-likeness (QED) is 0.514. The first-order valence-corrected chi connectivity index (χ1v) is 12.4. The van der Waals surface area contributed by atoms with Gasteiger partial charge in [-0.05, 0) is 42.0 Å². The summed E-state index contributed by atoms with van der Waals surface area (Å²) in [6.45, 7) is 0.482. The van der Waals surface area contributed by atoms with Gasteiger partial charge in [0.2, 0.25) is 0 Å². The molecular formula is C25H26FN3O5S. The van der Waals surface area contributed by atoms with Gasteiger partial charge in [-0.2, -0.15) is 12.7 Å². The van der Waals surface area contributed by atoms with E-state index in [0.29, 0.717) is 29.2 Å². The van der Waals surface area contributed by atoms with Crippen LogP contribution in [0.1, 0.15) is 15.9 Å². The van der Waals surface area contributed by atoms with Gasteiger partial charge >= 0.3 is 10.2 Å². The smallest absolute Gasteiger partial charge is 0.303 e. The zero-order valence-electron chi connectivity index (χ0n) is 19.3. The third-order valence-electron chi connectivity index (χ3n) is 5.46. The maximum absolute atomic E-state index is 14.4. The lowest BCUT2D eigenvalue weighted by Crippen LogP contribution is -2.40. The van der Waals surface area contributed by atoms with Gasteiger partial charge < -0.3 is 14.8 Å². The summed E-state index contributed by atoms with van der Waals surface area (Å²) < 4.78 is 53.7. The molecule has 4 rings (SSSR count). The minimum absolute atomic E-state index is 0.0562. The molecule has 0 aliphatic carbocycles. The molecule has 1 amide bonds. The van der Waals surface area contributed by atoms with Crippen molar-refractivity contribution in [2.75, 3.05) is 31.6 Å². The number of hydrogen-bond donors (Lipinski definition) is 1. The molecule has 0 saturated carbocycles. The average molecular weight is 500 g/mol. The second-order valence-electron chi connectivity index (χ2n) is 8.15. The Hall–Kier alpha value is -3.63. The Morgan fingerprint density at radius 2 is 1.66 bits per heavy atom. The maximum Gasteiger partial charge on any atom is 0.303 e. The highest BCUT2D eigenvalue weighted by Crippen LogP contribution is 2.30. The molecular weight excluding hydrogens is 473 g/mol. The Morgan fingerprint density at radius 3 is 2.34 bits per heavy atom. The summed E-state index contributed by atoms with van der Waals surface area (Å²) in [6.07, 6.45) is -0.321. The lowest BCUT2D eigenvalue weighted by molar-refractivity contribution is 0.0789. The van der Waals surface area contributed by atoms with Crippen LogP contribution in [-0.2, 0) is 16.8 Å². The number of halogens is 1. The number of carbonyl (C=O) groups excluding carboxylic acids is 1. The molecule has 1 aliphatic rings. The third kappa shape index (κ3) is 5.55. The fraction of sp³-hybridized carbons (Fsp3) is 0.240. The maximum atomic E-state index is 14.4. The van der Waals surface area contributed by atoms with Crippen molar-refractivity contribution in [1.29, 1.82) is 0 Å². The number of benzene rings is 3. The number of anilines is 1. The van der Waals surface area contributed by atoms with Gasteiger partial charge in [-0.1, -0.05) is 36.4 Å². The fourth-order valence-corrected chi connectivity index (χ4v) is 4.64. The molecule has 184 valence electrons. The van der Waals surface area contributed by atoms with Crippen LogP contribution in [0.25, 0.3) is 0 Å². The summed E-state index contributed by atoms with van der Waals surface area (Å²) in [6, 6.07) is 19.5. The summed E-state index contributed by atoms with van der Waals surface area (Å²) in [7, 11) is -1.19. The van der Waals surface area contributed by atoms with Crippen molar-refractivity contribution in [3.05, 3.63) is 89.7 Å². The Labute approximate surface area is 204 Å². The van der Waals surface area contributed by atoms with Gasteiger partial charge in [0, 0.05) is 19.7 Å². The standard InChI is InChI=1S/C25H26FN3O5S/c1-28(2)35(31,32)29(22-8-4-3-7-21(22)26)16-18-11-13-19(14-12-18)25(30)27-15-20-17-33-23-9-5-6-10-24(23)34-20/h3-14,20H,15-17H2,1-2H3,(H,27,30)/t20-/m0/s1. The van der Waals surface area contributed by atoms with Crippen LogP contribution in [0.5, 0.6) is 11.5 Å². The van der Waals surface area contributed by atoms with Gasteiger partial charge in [-0.15, -0.1) is 0 Å². The van der Waals surface area contributed by atoms with E-state index in [4.69, 9.17) is 9.47 Å². The summed E-state index contributed by atoms with van der Waals surface area (Å²) in [5.41, 5.74) is 0.939. The first kappa shape index (κ1) is 24.5. The predicted molar refractivity (Wildman–Crippen MR) is 130 cm³/mol. The number of carbonyl (C=O) groups is 1. The highest BCUT2D eigenvalue weighted by molar-refractivity contribution is 7.90. The second-order valence-corrected chi connectivity index (χ2v) is 10.2. The van der Waals surface area contributed by atoms with Crippen LogP contribution in [0.4, 0.5) is 10.1 Å². The monoisotopic (exact) mass is 499 g/mol. The van der Waals surface area contributed by atoms with Crippen LogP contribution in [0.15, 0.2) is 72.8 Å². The molecule has 0 spiro atoms. The van der Waals surface area contributed by atoms with Crippen LogP contribution < -0.4 is 19.1 Å². The van der Waals surface area contributed by atoms with Gasteiger partial charge in [0.15, 0.2) is 11.5 Å². The minimum atomic E-state index is -3.96. The van der Waals surface area contributed by atoms with E-state index < -0.39 is 16.0 Å². The summed E-state index contributed by atoms with van der Waals surface area (Å²) in [4.78, 5) is 12.6. The molecule has 35 heavy (non-hydrogen) atoms. The summed E-state index contributed by atoms with van der Waals surface area (Å²) in [5.74, 6) is 0.358. The number of nitrogens with zero attached hydrogens (tertiary/aromatic N) is 2. The molecule has 3 aromatic carbocycles. The molecule has 0 bridgehead atoms. The first-order chi connectivity index (χ1) is 16.8. The van der Waals surface area contributed by atoms with E-state index in [0.717, 1.165) is 8.61 Å². The van der Waals surface area contributed by atoms with E-state index in [1.54, 1.807) is 30.3 Å². The summed E-state index contributed by atoms with van der Waals surface area (Å²) in [5, 5.41) is 2.83. The van der Waals surface area contributed by atoms with Crippen molar-refractivity contribution in [2.45, 2.75) is 12.6 Å². The van der Waals surface area contributed by atoms with Crippen LogP contribution in [0.2, 0.25) is 0 Å². The van der Waals surface area contributed by atoms with E-state index in [9.17, 15) is 17.6 Å². The van der Waals surface area contributed by atoms with Crippen molar-refractivity contribution in [3.8, 4) is 11.5 Å². The van der Waals surface area contributed by atoms with Crippen molar-refractivity contribution < 1.29 is 27.1 Å². The normalized spacial score (nSPS) is 15.0. The van der Waals surface area contributed by atoms with Gasteiger partial charge in [-0.3, -0.25) is 9.10 Å². The summed E-state index contributed by atoms with van der Waals surface area (Å²) >= 11 is 0. The fourth-order valence-electron chi connectivity index (χ4n) is 3.54. The molecule has 10 heteroatoms. The molecule has 3 aromatic rings. The lowest BCUT2D eigenvalue weighted by Gasteiger charge is -2.28. The van der Waals surface area contributed by atoms with Crippen LogP contribution in [0.3, 0.4) is 0 Å². The molecule has 8 nitrogen and oxygen atoms in total. The van der Waals surface area contributed by atoms with E-state index in [1.807, 2.05) is 24.3 Å². The zero-order chi connectivity index (χ0) is 25.0. The molecule has 1 N–H and O–H groups in total. The highest BCUT2D eigenvalue weighted by atomic mass is 32.2. The largest absolute Gasteiger partial charge is 0.486 e. The Kier molecular flexibility index (Phi) is 7.23. The number of amides is 1. The highest BCUT2D eigenvalue weighted by Gasteiger charge is 2.27. The van der Waals surface area contributed by atoms with E-state index in [-0.39, 0.29) is 30.8 Å². The minimum Gasteiger partial charge on any atom is -0.486 e. The molecule has 1 heterocycles. The molecule has 1 aliphatic heterocycles. The molecule has 0 unspecified atom stereocenters. The van der Waals surface area contributed by atoms with Crippen LogP contribution in [-0.4, -0.2) is 52.0 Å². The van der Waals surface area contributed by atoms with Gasteiger partial charge in [0.25, 0.3) is 5.91 Å². The van der Waals surface area contributed by atoms with Gasteiger partial charge in [0.05, 0.1) is 18.8 Å². The van der Waals surface area contributed by atoms with Crippen molar-refractivity contribution in [1.82, 2.24) is 9.62 Å². The van der Waals surface area contributed by atoms with E-state index in [2.05, 4.69) is 5.32 Å². The topological polar surface area (TPSA) is 88.2 Å². The number of rotatable bonds is 8. The number of fused-ring (bicyclic) bond motifs is 1. The second kappa shape index (κ2) is 10.3. The van der Waals surface area contributed by atoms with Crippen molar-refractivity contribution >= 4 is 21.8 Å². The van der Waals surface area contributed by atoms with E-state index >= 15 is 0 Å². The zero-order valence-corrected chi connectivity index (χ0v) is 20.2. The van der Waals surface area contributed by atoms with E-state index in [1.165, 1.54) is 32.3 Å². The van der Waals surface area contributed by atoms with Crippen molar-refractivity contribution in [3.63, 3.8) is 0 Å². The Morgan fingerprint density at radius 1 is 1.00 bits per heavy atom. The first-order valence-electron chi connectivity index (χ1n) is 11.0. The van der Waals surface area contributed by atoms with Crippen LogP contribution in [0, 0.1) is 5.82 Å². The number of hydrogen-bond acceptors (Lipinski definition) is 5. The Bertz CT molecular complexity index is 1300.